The van der Waals surface area contributed by atoms with Crippen molar-refractivity contribution in [2.45, 2.75) is 19.4 Å². The smallest absolute Gasteiger partial charge is 0.0935 e. The maximum Gasteiger partial charge on any atom is 0.0935 e. The Morgan fingerprint density at radius 2 is 2.38 bits per heavy atom. The molecular weight excluding hydrogens is 202 g/mol. The first-order valence-electron chi connectivity index (χ1n) is 5.39. The largest absolute Gasteiger partial charge is 0.472 e. The number of hydrogen-bond donors (Lipinski definition) is 1. The third-order valence-electron chi connectivity index (χ3n) is 2.80. The molecule has 0 aliphatic rings. The molecule has 0 aliphatic heterocycles. The molecule has 0 saturated heterocycles. The van der Waals surface area contributed by atoms with Crippen LogP contribution in [0.15, 0.2) is 29.2 Å². The molecule has 2 rings (SSSR count). The molecule has 1 unspecified atom stereocenters. The second-order valence-electron chi connectivity index (χ2n) is 4.02. The molecule has 0 aromatic carbocycles. The number of nitrogens with one attached hydrogen (secondary N) is 1. The fourth-order valence-electron chi connectivity index (χ4n) is 1.97. The minimum atomic E-state index is 0.284. The van der Waals surface area contributed by atoms with Gasteiger partial charge in [0.05, 0.1) is 18.2 Å². The maximum absolute atomic E-state index is 5.08. The quantitative estimate of drug-likeness (QED) is 0.853. The average Bonchev–Trinajstić information content (AvgIpc) is 2.85. The molecule has 4 heteroatoms. The van der Waals surface area contributed by atoms with Crippen LogP contribution >= 0.6 is 0 Å². The van der Waals surface area contributed by atoms with E-state index in [4.69, 9.17) is 4.42 Å². The summed E-state index contributed by atoms with van der Waals surface area (Å²) < 4.78 is 6.93. The van der Waals surface area contributed by atoms with Crippen LogP contribution in [0.3, 0.4) is 0 Å². The number of likely N-dealkylation sites (N-methyl/N-ethyl adjacent to an activating group) is 1. The van der Waals surface area contributed by atoms with Crippen LogP contribution in [0.1, 0.15) is 22.9 Å². The van der Waals surface area contributed by atoms with Crippen molar-refractivity contribution in [2.75, 3.05) is 7.05 Å². The van der Waals surface area contributed by atoms with Gasteiger partial charge in [0, 0.05) is 24.8 Å². The molecule has 0 spiro atoms. The normalized spacial score (nSPS) is 12.9. The Hall–Kier alpha value is -1.55. The fourth-order valence-corrected chi connectivity index (χ4v) is 1.97. The molecule has 1 atom stereocenters. The highest BCUT2D eigenvalue weighted by Gasteiger charge is 2.15. The van der Waals surface area contributed by atoms with Gasteiger partial charge in [0.2, 0.25) is 0 Å². The lowest BCUT2D eigenvalue weighted by atomic mass is 10.0. The topological polar surface area (TPSA) is 43.0 Å². The van der Waals surface area contributed by atoms with Gasteiger partial charge in [0.1, 0.15) is 0 Å². The van der Waals surface area contributed by atoms with Crippen LogP contribution in [0.25, 0.3) is 0 Å². The van der Waals surface area contributed by atoms with Crippen molar-refractivity contribution >= 4 is 0 Å². The number of nitrogens with zero attached hydrogens (tertiary/aromatic N) is 2. The Kier molecular flexibility index (Phi) is 3.10. The summed E-state index contributed by atoms with van der Waals surface area (Å²) in [7, 11) is 3.91. The highest BCUT2D eigenvalue weighted by atomic mass is 16.3. The molecule has 4 nitrogen and oxygen atoms in total. The van der Waals surface area contributed by atoms with Crippen molar-refractivity contribution in [1.29, 1.82) is 0 Å². The standard InChI is InChI=1S/C12H17N3O/c1-9-11(7-15(3)14-9)12(13-2)6-10-4-5-16-8-10/h4-5,7-8,12-13H,6H2,1-3H3. The number of furan rings is 1. The van der Waals surface area contributed by atoms with E-state index in [0.717, 1.165) is 12.1 Å². The lowest BCUT2D eigenvalue weighted by Crippen LogP contribution is -2.19. The predicted molar refractivity (Wildman–Crippen MR) is 62.2 cm³/mol. The molecule has 2 aromatic rings. The highest BCUT2D eigenvalue weighted by Crippen LogP contribution is 2.20. The molecule has 0 aliphatic carbocycles. The van der Waals surface area contributed by atoms with E-state index in [9.17, 15) is 0 Å². The van der Waals surface area contributed by atoms with Gasteiger partial charge in [-0.05, 0) is 32.0 Å². The second-order valence-corrected chi connectivity index (χ2v) is 4.02. The van der Waals surface area contributed by atoms with Crippen LogP contribution in [0.5, 0.6) is 0 Å². The van der Waals surface area contributed by atoms with Gasteiger partial charge in [-0.3, -0.25) is 4.68 Å². The summed E-state index contributed by atoms with van der Waals surface area (Å²) in [5, 5.41) is 7.68. The minimum Gasteiger partial charge on any atom is -0.472 e. The van der Waals surface area contributed by atoms with Gasteiger partial charge in [-0.15, -0.1) is 0 Å². The highest BCUT2D eigenvalue weighted by molar-refractivity contribution is 5.23. The molecule has 2 aromatic heterocycles. The van der Waals surface area contributed by atoms with Crippen LogP contribution < -0.4 is 5.32 Å². The van der Waals surface area contributed by atoms with Crippen LogP contribution in [0.2, 0.25) is 0 Å². The summed E-state index contributed by atoms with van der Waals surface area (Å²) in [4.78, 5) is 0. The third-order valence-corrected chi connectivity index (χ3v) is 2.80. The van der Waals surface area contributed by atoms with Gasteiger partial charge in [0.15, 0.2) is 0 Å². The molecule has 0 amide bonds. The first kappa shape index (κ1) is 11.0. The number of rotatable bonds is 4. The summed E-state index contributed by atoms with van der Waals surface area (Å²) in [6.45, 7) is 2.04. The first-order valence-corrected chi connectivity index (χ1v) is 5.39. The Bertz CT molecular complexity index is 445. The van der Waals surface area contributed by atoms with Gasteiger partial charge in [-0.2, -0.15) is 5.10 Å². The summed E-state index contributed by atoms with van der Waals surface area (Å²) in [6, 6.07) is 2.28. The SMILES string of the molecule is CNC(Cc1ccoc1)c1cn(C)nc1C. The van der Waals surface area contributed by atoms with E-state index in [1.807, 2.05) is 31.8 Å². The maximum atomic E-state index is 5.08. The minimum absolute atomic E-state index is 0.284. The van der Waals surface area contributed by atoms with E-state index in [0.29, 0.717) is 0 Å². The van der Waals surface area contributed by atoms with Crippen molar-refractivity contribution in [1.82, 2.24) is 15.1 Å². The Morgan fingerprint density at radius 3 is 2.88 bits per heavy atom. The van der Waals surface area contributed by atoms with Crippen LogP contribution in [0.4, 0.5) is 0 Å². The van der Waals surface area contributed by atoms with Crippen molar-refractivity contribution < 1.29 is 4.42 Å². The van der Waals surface area contributed by atoms with Crippen molar-refractivity contribution in [3.05, 3.63) is 41.6 Å². The molecule has 0 radical (unpaired) electrons. The first-order chi connectivity index (χ1) is 7.70. The van der Waals surface area contributed by atoms with E-state index in [2.05, 4.69) is 16.6 Å². The molecule has 0 saturated carbocycles. The van der Waals surface area contributed by atoms with Gasteiger partial charge in [-0.1, -0.05) is 0 Å². The number of hydrogen-bond acceptors (Lipinski definition) is 3. The van der Waals surface area contributed by atoms with Crippen molar-refractivity contribution in [3.63, 3.8) is 0 Å². The van der Waals surface area contributed by atoms with Crippen LogP contribution in [-0.2, 0) is 13.5 Å². The van der Waals surface area contributed by atoms with Gasteiger partial charge in [0.25, 0.3) is 0 Å². The summed E-state index contributed by atoms with van der Waals surface area (Å²) in [6.07, 6.45) is 6.48. The monoisotopic (exact) mass is 219 g/mol. The zero-order valence-electron chi connectivity index (χ0n) is 9.90. The zero-order valence-corrected chi connectivity index (χ0v) is 9.90. The van der Waals surface area contributed by atoms with Crippen LogP contribution in [-0.4, -0.2) is 16.8 Å². The Morgan fingerprint density at radius 1 is 1.56 bits per heavy atom. The molecule has 16 heavy (non-hydrogen) atoms. The van der Waals surface area contributed by atoms with Crippen molar-refractivity contribution in [2.24, 2.45) is 7.05 Å². The number of aromatic nitrogens is 2. The molecule has 1 N–H and O–H groups in total. The lowest BCUT2D eigenvalue weighted by Gasteiger charge is -2.14. The summed E-state index contributed by atoms with van der Waals surface area (Å²) >= 11 is 0. The average molecular weight is 219 g/mol. The van der Waals surface area contributed by atoms with E-state index in [1.54, 1.807) is 12.5 Å². The van der Waals surface area contributed by atoms with Crippen LogP contribution in [0, 0.1) is 6.92 Å². The van der Waals surface area contributed by atoms with E-state index in [1.165, 1.54) is 11.1 Å². The van der Waals surface area contributed by atoms with E-state index in [-0.39, 0.29) is 6.04 Å². The summed E-state index contributed by atoms with van der Waals surface area (Å²) in [5.74, 6) is 0. The van der Waals surface area contributed by atoms with E-state index >= 15 is 0 Å². The predicted octanol–water partition coefficient (Wildman–Crippen LogP) is 1.82. The zero-order chi connectivity index (χ0) is 11.5. The van der Waals surface area contributed by atoms with Gasteiger partial charge >= 0.3 is 0 Å². The van der Waals surface area contributed by atoms with Gasteiger partial charge < -0.3 is 9.73 Å². The molecule has 2 heterocycles. The van der Waals surface area contributed by atoms with Crippen molar-refractivity contribution in [3.8, 4) is 0 Å². The second kappa shape index (κ2) is 4.53. The molecular formula is C12H17N3O. The molecule has 0 fully saturated rings. The lowest BCUT2D eigenvalue weighted by molar-refractivity contribution is 0.551. The molecule has 0 bridgehead atoms. The number of aryl methyl sites for hydroxylation is 2. The third kappa shape index (κ3) is 2.17. The fraction of sp³-hybridized carbons (Fsp3) is 0.417. The molecule has 86 valence electrons. The van der Waals surface area contributed by atoms with Gasteiger partial charge in [-0.25, -0.2) is 0 Å². The summed E-state index contributed by atoms with van der Waals surface area (Å²) in [5.41, 5.74) is 3.51. The Balaban J connectivity index is 2.19. The Labute approximate surface area is 95.3 Å². The van der Waals surface area contributed by atoms with E-state index < -0.39 is 0 Å².